The van der Waals surface area contributed by atoms with E-state index in [-0.39, 0.29) is 17.9 Å². The number of nitrogens with zero attached hydrogens (tertiary/aromatic N) is 1. The summed E-state index contributed by atoms with van der Waals surface area (Å²) in [6, 6.07) is 3.45. The Balaban J connectivity index is 2.33. The summed E-state index contributed by atoms with van der Waals surface area (Å²) in [7, 11) is 1.68. The lowest BCUT2D eigenvalue weighted by atomic mass is 9.91. The standard InChI is InChI=1S/C15H18F3NO2/c1-19(13-4-2-3-5-14(13)21)11-7-6-10(9-20)12(8-11)15(16,17)18/h6-9,13-14,21H,2-5H2,1H3. The second kappa shape index (κ2) is 6.05. The molecule has 116 valence electrons. The van der Waals surface area contributed by atoms with E-state index < -0.39 is 17.8 Å². The van der Waals surface area contributed by atoms with Crippen LogP contribution in [-0.2, 0) is 6.18 Å². The number of hydrogen-bond donors (Lipinski definition) is 1. The van der Waals surface area contributed by atoms with Crippen LogP contribution in [-0.4, -0.2) is 30.6 Å². The molecule has 2 rings (SSSR count). The van der Waals surface area contributed by atoms with Gasteiger partial charge in [-0.2, -0.15) is 13.2 Å². The maximum absolute atomic E-state index is 13.0. The third kappa shape index (κ3) is 3.37. The van der Waals surface area contributed by atoms with E-state index in [4.69, 9.17) is 0 Å². The predicted octanol–water partition coefficient (Wildman–Crippen LogP) is 3.26. The van der Waals surface area contributed by atoms with E-state index in [1.54, 1.807) is 11.9 Å². The molecule has 1 aromatic rings. The van der Waals surface area contributed by atoms with E-state index in [0.29, 0.717) is 12.1 Å². The Labute approximate surface area is 121 Å². The zero-order valence-corrected chi connectivity index (χ0v) is 11.7. The molecule has 3 nitrogen and oxygen atoms in total. The maximum Gasteiger partial charge on any atom is 0.417 e. The first kappa shape index (κ1) is 15.8. The van der Waals surface area contributed by atoms with Crippen molar-refractivity contribution in [1.29, 1.82) is 0 Å². The van der Waals surface area contributed by atoms with Gasteiger partial charge in [0.25, 0.3) is 0 Å². The Hall–Kier alpha value is -1.56. The van der Waals surface area contributed by atoms with Gasteiger partial charge in [0, 0.05) is 18.3 Å². The highest BCUT2D eigenvalue weighted by atomic mass is 19.4. The van der Waals surface area contributed by atoms with Crippen LogP contribution in [0.2, 0.25) is 0 Å². The first-order valence-corrected chi connectivity index (χ1v) is 6.92. The number of aliphatic hydroxyl groups is 1. The maximum atomic E-state index is 13.0. The van der Waals surface area contributed by atoms with Gasteiger partial charge >= 0.3 is 6.18 Å². The SMILES string of the molecule is CN(c1ccc(C=O)c(C(F)(F)F)c1)C1CCCCC1O. The Morgan fingerprint density at radius 2 is 1.95 bits per heavy atom. The third-order valence-corrected chi connectivity index (χ3v) is 4.07. The summed E-state index contributed by atoms with van der Waals surface area (Å²) in [6.45, 7) is 0. The lowest BCUT2D eigenvalue weighted by molar-refractivity contribution is -0.137. The molecule has 6 heteroatoms. The number of likely N-dealkylation sites (N-methyl/N-ethyl adjacent to an activating group) is 1. The molecule has 1 aromatic carbocycles. The minimum Gasteiger partial charge on any atom is -0.391 e. The zero-order chi connectivity index (χ0) is 15.6. The van der Waals surface area contributed by atoms with Gasteiger partial charge in [0.15, 0.2) is 6.29 Å². The lowest BCUT2D eigenvalue weighted by Gasteiger charge is -2.37. The van der Waals surface area contributed by atoms with Crippen LogP contribution < -0.4 is 4.90 Å². The highest BCUT2D eigenvalue weighted by Crippen LogP contribution is 2.35. The average Bonchev–Trinajstić information content (AvgIpc) is 2.45. The molecule has 0 radical (unpaired) electrons. The van der Waals surface area contributed by atoms with Crippen molar-refractivity contribution in [3.05, 3.63) is 29.3 Å². The van der Waals surface area contributed by atoms with Crippen LogP contribution in [0, 0.1) is 0 Å². The van der Waals surface area contributed by atoms with E-state index in [1.807, 2.05) is 0 Å². The fourth-order valence-corrected chi connectivity index (χ4v) is 2.85. The Kier molecular flexibility index (Phi) is 4.56. The molecule has 21 heavy (non-hydrogen) atoms. The number of anilines is 1. The van der Waals surface area contributed by atoms with Crippen molar-refractivity contribution in [3.63, 3.8) is 0 Å². The molecule has 0 saturated heterocycles. The number of alkyl halides is 3. The van der Waals surface area contributed by atoms with E-state index in [2.05, 4.69) is 0 Å². The first-order valence-electron chi connectivity index (χ1n) is 6.92. The summed E-state index contributed by atoms with van der Waals surface area (Å²) in [6.07, 6.45) is -1.61. The van der Waals surface area contributed by atoms with E-state index in [0.717, 1.165) is 25.3 Å². The van der Waals surface area contributed by atoms with Gasteiger partial charge in [-0.1, -0.05) is 12.8 Å². The van der Waals surface area contributed by atoms with Gasteiger partial charge in [0.05, 0.1) is 17.7 Å². The number of benzene rings is 1. The van der Waals surface area contributed by atoms with Crippen molar-refractivity contribution in [2.45, 2.75) is 44.0 Å². The van der Waals surface area contributed by atoms with Crippen molar-refractivity contribution in [2.75, 3.05) is 11.9 Å². The fraction of sp³-hybridized carbons (Fsp3) is 0.533. The topological polar surface area (TPSA) is 40.5 Å². The zero-order valence-electron chi connectivity index (χ0n) is 11.7. The lowest BCUT2D eigenvalue weighted by Crippen LogP contribution is -2.43. The fourth-order valence-electron chi connectivity index (χ4n) is 2.85. The number of halogens is 3. The second-order valence-electron chi connectivity index (χ2n) is 5.42. The predicted molar refractivity (Wildman–Crippen MR) is 73.5 cm³/mol. The molecule has 1 aliphatic carbocycles. The summed E-state index contributed by atoms with van der Waals surface area (Å²) in [5.74, 6) is 0. The van der Waals surface area contributed by atoms with Gasteiger partial charge in [-0.25, -0.2) is 0 Å². The number of carbonyl (C=O) groups excluding carboxylic acids is 1. The van der Waals surface area contributed by atoms with Gasteiger partial charge in [-0.15, -0.1) is 0 Å². The molecule has 2 atom stereocenters. The van der Waals surface area contributed by atoms with E-state index >= 15 is 0 Å². The molecule has 0 spiro atoms. The second-order valence-corrected chi connectivity index (χ2v) is 5.42. The Morgan fingerprint density at radius 3 is 2.52 bits per heavy atom. The Morgan fingerprint density at radius 1 is 1.29 bits per heavy atom. The number of aldehydes is 1. The van der Waals surface area contributed by atoms with Crippen molar-refractivity contribution < 1.29 is 23.1 Å². The normalized spacial score (nSPS) is 22.9. The van der Waals surface area contributed by atoms with Crippen LogP contribution in [0.3, 0.4) is 0 Å². The molecule has 1 saturated carbocycles. The van der Waals surface area contributed by atoms with Crippen LogP contribution >= 0.6 is 0 Å². The largest absolute Gasteiger partial charge is 0.417 e. The minimum absolute atomic E-state index is 0.193. The summed E-state index contributed by atoms with van der Waals surface area (Å²) in [5, 5.41) is 10.0. The molecule has 1 N–H and O–H groups in total. The highest BCUT2D eigenvalue weighted by molar-refractivity contribution is 5.79. The first-order chi connectivity index (χ1) is 9.84. The molecule has 2 unspecified atom stereocenters. The summed E-state index contributed by atoms with van der Waals surface area (Å²) in [5.41, 5.74) is -0.949. The van der Waals surface area contributed by atoms with Crippen LogP contribution in [0.1, 0.15) is 41.6 Å². The average molecular weight is 301 g/mol. The molecule has 1 aliphatic rings. The highest BCUT2D eigenvalue weighted by Gasteiger charge is 2.34. The summed E-state index contributed by atoms with van der Waals surface area (Å²) in [4.78, 5) is 12.4. The number of aliphatic hydroxyl groups excluding tert-OH is 1. The molecular formula is C15H18F3NO2. The van der Waals surface area contributed by atoms with Gasteiger partial charge in [0.2, 0.25) is 0 Å². The van der Waals surface area contributed by atoms with Crippen molar-refractivity contribution >= 4 is 12.0 Å². The summed E-state index contributed by atoms with van der Waals surface area (Å²) < 4.78 is 38.9. The van der Waals surface area contributed by atoms with Gasteiger partial charge in [-0.05, 0) is 31.0 Å². The molecule has 0 amide bonds. The van der Waals surface area contributed by atoms with E-state index in [9.17, 15) is 23.1 Å². The van der Waals surface area contributed by atoms with Crippen molar-refractivity contribution in [1.82, 2.24) is 0 Å². The van der Waals surface area contributed by atoms with Crippen LogP contribution in [0.5, 0.6) is 0 Å². The molecule has 0 bridgehead atoms. The van der Waals surface area contributed by atoms with Crippen molar-refractivity contribution in [2.24, 2.45) is 0 Å². The Bertz CT molecular complexity index is 516. The van der Waals surface area contributed by atoms with Gasteiger partial charge in [-0.3, -0.25) is 4.79 Å². The van der Waals surface area contributed by atoms with Gasteiger partial charge in [0.1, 0.15) is 0 Å². The monoisotopic (exact) mass is 301 g/mol. The number of hydrogen-bond acceptors (Lipinski definition) is 3. The number of rotatable bonds is 3. The molecular weight excluding hydrogens is 283 g/mol. The van der Waals surface area contributed by atoms with Crippen LogP contribution in [0.4, 0.5) is 18.9 Å². The van der Waals surface area contributed by atoms with Crippen molar-refractivity contribution in [3.8, 4) is 0 Å². The molecule has 0 aromatic heterocycles. The van der Waals surface area contributed by atoms with Crippen LogP contribution in [0.15, 0.2) is 18.2 Å². The molecule has 0 aliphatic heterocycles. The summed E-state index contributed by atoms with van der Waals surface area (Å²) >= 11 is 0. The molecule has 1 fully saturated rings. The third-order valence-electron chi connectivity index (χ3n) is 4.07. The minimum atomic E-state index is -4.57. The quantitative estimate of drug-likeness (QED) is 0.871. The van der Waals surface area contributed by atoms with Gasteiger partial charge < -0.3 is 10.0 Å². The molecule has 0 heterocycles. The smallest absolute Gasteiger partial charge is 0.391 e. The number of carbonyl (C=O) groups is 1. The van der Waals surface area contributed by atoms with Crippen LogP contribution in [0.25, 0.3) is 0 Å². The van der Waals surface area contributed by atoms with E-state index in [1.165, 1.54) is 12.1 Å².